The normalized spacial score (nSPS) is 15.6. The molecule has 0 bridgehead atoms. The van der Waals surface area contributed by atoms with Gasteiger partial charge in [-0.1, -0.05) is 60.7 Å². The van der Waals surface area contributed by atoms with Gasteiger partial charge in [0.25, 0.3) is 0 Å². The lowest BCUT2D eigenvalue weighted by atomic mass is 9.93. The van der Waals surface area contributed by atoms with Crippen molar-refractivity contribution in [1.82, 2.24) is 9.21 Å². The summed E-state index contributed by atoms with van der Waals surface area (Å²) in [7, 11) is -3.91. The molecule has 0 saturated heterocycles. The van der Waals surface area contributed by atoms with Crippen LogP contribution in [-0.2, 0) is 26.0 Å². The lowest BCUT2D eigenvalue weighted by Gasteiger charge is -2.37. The maximum atomic E-state index is 13.9. The number of amides is 1. The maximum Gasteiger partial charge on any atom is 0.243 e. The fourth-order valence-electron chi connectivity index (χ4n) is 5.07. The SMILES string of the molecule is CCOCCCN(CC(=O)N1CCc2sccc2[C@H]1c1ccccc1)S(=O)(=O)c1ccc2ccccc2c1. The number of sulfonamides is 1. The van der Waals surface area contributed by atoms with E-state index in [0.29, 0.717) is 26.2 Å². The van der Waals surface area contributed by atoms with E-state index in [-0.39, 0.29) is 29.9 Å². The van der Waals surface area contributed by atoms with Crippen molar-refractivity contribution in [1.29, 1.82) is 0 Å². The standard InChI is InChI=1S/C30H32N2O4S2/c1-2-36-19-8-17-31(38(34,35)26-14-13-23-9-6-7-12-25(23)21-26)22-29(33)32-18-15-28-27(16-20-37-28)30(32)24-10-4-3-5-11-24/h3-7,9-14,16,20-21,30H,2,8,15,17-19,22H2,1H3/t30-/m1/s1. The lowest BCUT2D eigenvalue weighted by molar-refractivity contribution is -0.133. The molecule has 0 fully saturated rings. The molecule has 38 heavy (non-hydrogen) atoms. The summed E-state index contributed by atoms with van der Waals surface area (Å²) in [6.07, 6.45) is 1.27. The van der Waals surface area contributed by atoms with E-state index in [9.17, 15) is 13.2 Å². The molecule has 1 aliphatic heterocycles. The monoisotopic (exact) mass is 548 g/mol. The van der Waals surface area contributed by atoms with Crippen LogP contribution in [0.25, 0.3) is 10.8 Å². The van der Waals surface area contributed by atoms with Crippen molar-refractivity contribution in [3.63, 3.8) is 0 Å². The van der Waals surface area contributed by atoms with Gasteiger partial charge in [0.05, 0.1) is 17.5 Å². The van der Waals surface area contributed by atoms with Crippen molar-refractivity contribution >= 4 is 38.0 Å². The van der Waals surface area contributed by atoms with Crippen molar-refractivity contribution in [3.8, 4) is 0 Å². The predicted molar refractivity (Wildman–Crippen MR) is 152 cm³/mol. The molecule has 2 heterocycles. The summed E-state index contributed by atoms with van der Waals surface area (Å²) in [5.74, 6) is -0.198. The molecule has 1 amide bonds. The average molecular weight is 549 g/mol. The fourth-order valence-corrected chi connectivity index (χ4v) is 7.44. The number of thiophene rings is 1. The van der Waals surface area contributed by atoms with Crippen LogP contribution >= 0.6 is 11.3 Å². The zero-order chi connectivity index (χ0) is 26.5. The Hall–Kier alpha value is -3.04. The van der Waals surface area contributed by atoms with Gasteiger partial charge in [0, 0.05) is 31.2 Å². The van der Waals surface area contributed by atoms with Crippen LogP contribution < -0.4 is 0 Å². The zero-order valence-electron chi connectivity index (χ0n) is 21.5. The molecule has 198 valence electrons. The highest BCUT2D eigenvalue weighted by atomic mass is 32.2. The summed E-state index contributed by atoms with van der Waals surface area (Å²) in [5.41, 5.74) is 2.15. The van der Waals surface area contributed by atoms with Crippen molar-refractivity contribution in [2.45, 2.75) is 30.7 Å². The summed E-state index contributed by atoms with van der Waals surface area (Å²) in [6, 6.07) is 24.6. The van der Waals surface area contributed by atoms with Crippen molar-refractivity contribution in [3.05, 3.63) is 100 Å². The van der Waals surface area contributed by atoms with Gasteiger partial charge < -0.3 is 9.64 Å². The van der Waals surface area contributed by atoms with E-state index in [2.05, 4.69) is 11.4 Å². The van der Waals surface area contributed by atoms with Gasteiger partial charge in [-0.2, -0.15) is 4.31 Å². The smallest absolute Gasteiger partial charge is 0.243 e. The van der Waals surface area contributed by atoms with Gasteiger partial charge in [0.1, 0.15) is 0 Å². The lowest BCUT2D eigenvalue weighted by Crippen LogP contribution is -2.47. The molecule has 0 radical (unpaired) electrons. The number of ether oxygens (including phenoxy) is 1. The van der Waals surface area contributed by atoms with E-state index >= 15 is 0 Å². The second-order valence-electron chi connectivity index (χ2n) is 9.35. The first kappa shape index (κ1) is 26.6. The highest BCUT2D eigenvalue weighted by molar-refractivity contribution is 7.89. The molecule has 0 unspecified atom stereocenters. The topological polar surface area (TPSA) is 66.9 Å². The van der Waals surface area contributed by atoms with E-state index < -0.39 is 10.0 Å². The molecule has 5 rings (SSSR count). The summed E-state index contributed by atoms with van der Waals surface area (Å²) in [6.45, 7) is 3.44. The summed E-state index contributed by atoms with van der Waals surface area (Å²) < 4.78 is 34.6. The number of carbonyl (C=O) groups excluding carboxylic acids is 1. The molecule has 6 nitrogen and oxygen atoms in total. The summed E-state index contributed by atoms with van der Waals surface area (Å²) >= 11 is 1.71. The number of hydrogen-bond acceptors (Lipinski definition) is 5. The summed E-state index contributed by atoms with van der Waals surface area (Å²) in [5, 5.41) is 3.88. The Balaban J connectivity index is 1.45. The van der Waals surface area contributed by atoms with Gasteiger partial charge in [-0.3, -0.25) is 4.79 Å². The minimum absolute atomic E-state index is 0.193. The van der Waals surface area contributed by atoms with Crippen LogP contribution in [0.4, 0.5) is 0 Å². The van der Waals surface area contributed by atoms with E-state index in [1.165, 1.54) is 9.18 Å². The number of hydrogen-bond donors (Lipinski definition) is 0. The van der Waals surface area contributed by atoms with Crippen LogP contribution in [-0.4, -0.2) is 56.4 Å². The number of rotatable bonds is 10. The second kappa shape index (κ2) is 11.8. The van der Waals surface area contributed by atoms with Gasteiger partial charge in [0.15, 0.2) is 0 Å². The number of carbonyl (C=O) groups is 1. The molecule has 1 aromatic heterocycles. The first-order valence-electron chi connectivity index (χ1n) is 13.0. The van der Waals surface area contributed by atoms with Crippen molar-refractivity contribution < 1.29 is 17.9 Å². The molecule has 1 atom stereocenters. The number of nitrogens with zero attached hydrogens (tertiary/aromatic N) is 2. The predicted octanol–water partition coefficient (Wildman–Crippen LogP) is 5.49. The molecule has 0 saturated carbocycles. The highest BCUT2D eigenvalue weighted by Crippen LogP contribution is 2.38. The van der Waals surface area contributed by atoms with Crippen molar-refractivity contribution in [2.75, 3.05) is 32.8 Å². The van der Waals surface area contributed by atoms with Gasteiger partial charge in [-0.15, -0.1) is 11.3 Å². The molecule has 0 spiro atoms. The Morgan fingerprint density at radius 2 is 1.79 bits per heavy atom. The van der Waals surface area contributed by atoms with Gasteiger partial charge in [0.2, 0.25) is 15.9 Å². The Labute approximate surface area is 228 Å². The summed E-state index contributed by atoms with van der Waals surface area (Å²) in [4.78, 5) is 17.2. The third-order valence-electron chi connectivity index (χ3n) is 6.97. The first-order chi connectivity index (χ1) is 18.5. The zero-order valence-corrected chi connectivity index (χ0v) is 23.1. The largest absolute Gasteiger partial charge is 0.382 e. The van der Waals surface area contributed by atoms with Crippen LogP contribution in [0.5, 0.6) is 0 Å². The minimum Gasteiger partial charge on any atom is -0.382 e. The van der Waals surface area contributed by atoms with Gasteiger partial charge in [-0.25, -0.2) is 8.42 Å². The third kappa shape index (κ3) is 5.54. The van der Waals surface area contributed by atoms with Gasteiger partial charge in [-0.05, 0) is 65.2 Å². The van der Waals surface area contributed by atoms with E-state index in [1.807, 2.05) is 72.5 Å². The number of fused-ring (bicyclic) bond motifs is 2. The Morgan fingerprint density at radius 1 is 1.03 bits per heavy atom. The number of benzene rings is 3. The first-order valence-corrected chi connectivity index (χ1v) is 15.3. The van der Waals surface area contributed by atoms with Crippen LogP contribution in [0.15, 0.2) is 89.1 Å². The van der Waals surface area contributed by atoms with Crippen LogP contribution in [0.3, 0.4) is 0 Å². The molecular weight excluding hydrogens is 516 g/mol. The molecule has 0 aliphatic carbocycles. The molecule has 1 aliphatic rings. The van der Waals surface area contributed by atoms with Gasteiger partial charge >= 0.3 is 0 Å². The van der Waals surface area contributed by atoms with Crippen LogP contribution in [0, 0.1) is 0 Å². The van der Waals surface area contributed by atoms with Crippen LogP contribution in [0.1, 0.15) is 35.4 Å². The molecule has 8 heteroatoms. The maximum absolute atomic E-state index is 13.9. The van der Waals surface area contributed by atoms with E-state index in [4.69, 9.17) is 4.74 Å². The minimum atomic E-state index is -3.91. The van der Waals surface area contributed by atoms with E-state index in [0.717, 1.165) is 28.3 Å². The Bertz CT molecular complexity index is 1500. The average Bonchev–Trinajstić information content (AvgIpc) is 3.43. The molecule has 3 aromatic carbocycles. The highest BCUT2D eigenvalue weighted by Gasteiger charge is 2.35. The second-order valence-corrected chi connectivity index (χ2v) is 12.3. The molecular formula is C30H32N2O4S2. The molecule has 4 aromatic rings. The van der Waals surface area contributed by atoms with E-state index in [1.54, 1.807) is 23.5 Å². The Kier molecular flexibility index (Phi) is 8.24. The quantitative estimate of drug-likeness (QED) is 0.246. The third-order valence-corrected chi connectivity index (χ3v) is 9.81. The fraction of sp³-hybridized carbons (Fsp3) is 0.300. The van der Waals surface area contributed by atoms with Crippen LogP contribution in [0.2, 0.25) is 0 Å². The Morgan fingerprint density at radius 3 is 2.58 bits per heavy atom. The van der Waals surface area contributed by atoms with Crippen molar-refractivity contribution in [2.24, 2.45) is 0 Å². The molecule has 0 N–H and O–H groups in total.